The molecule has 0 radical (unpaired) electrons. The van der Waals surface area contributed by atoms with Crippen molar-refractivity contribution >= 4 is 5.97 Å². The summed E-state index contributed by atoms with van der Waals surface area (Å²) in [4.78, 5) is 11.4. The van der Waals surface area contributed by atoms with Crippen LogP contribution in [0.4, 0.5) is 0 Å². The lowest BCUT2D eigenvalue weighted by Gasteiger charge is -2.10. The summed E-state index contributed by atoms with van der Waals surface area (Å²) in [6.45, 7) is 3.80. The minimum absolute atomic E-state index is 0.167. The molecule has 0 saturated carbocycles. The van der Waals surface area contributed by atoms with E-state index in [1.54, 1.807) is 0 Å². The quantitative estimate of drug-likeness (QED) is 0.543. The molecule has 1 atom stereocenters. The first-order valence-corrected chi connectivity index (χ1v) is 3.98. The van der Waals surface area contributed by atoms with E-state index in [1.165, 1.54) is 0 Å². The van der Waals surface area contributed by atoms with Crippen LogP contribution in [0.1, 0.15) is 24.0 Å². The van der Waals surface area contributed by atoms with Crippen LogP contribution in [0.15, 0.2) is 4.42 Å². The van der Waals surface area contributed by atoms with Crippen molar-refractivity contribution in [3.63, 3.8) is 0 Å². The summed E-state index contributed by atoms with van der Waals surface area (Å²) in [5, 5.41) is 0. The lowest BCUT2D eigenvalue weighted by Crippen LogP contribution is -2.29. The molecule has 3 heteroatoms. The Morgan fingerprint density at radius 3 is 2.83 bits per heavy atom. The molecule has 0 N–H and O–H groups in total. The van der Waals surface area contributed by atoms with Crippen LogP contribution in [0, 0.1) is 6.92 Å². The van der Waals surface area contributed by atoms with Crippen LogP contribution in [0.5, 0.6) is 5.75 Å². The molecule has 2 aliphatic heterocycles. The Morgan fingerprint density at radius 1 is 1.50 bits per heavy atom. The smallest absolute Gasteiger partial charge is 0.325 e. The molecule has 0 fully saturated rings. The van der Waals surface area contributed by atoms with Crippen LogP contribution >= 0.6 is 0 Å². The first-order valence-electron chi connectivity index (χ1n) is 3.98. The lowest BCUT2D eigenvalue weighted by atomic mass is 9.82. The van der Waals surface area contributed by atoms with Gasteiger partial charge >= 0.3 is 5.97 Å². The van der Waals surface area contributed by atoms with Crippen LogP contribution in [0.2, 0.25) is 0 Å². The van der Waals surface area contributed by atoms with E-state index in [4.69, 9.17) is 9.15 Å². The highest BCUT2D eigenvalue weighted by Crippen LogP contribution is 2.52. The molecule has 1 aromatic rings. The van der Waals surface area contributed by atoms with Gasteiger partial charge in [0.2, 0.25) is 0 Å². The SMILES string of the molecule is Cc1c2oc3c1OC(=O)[C@]3(C)C2. The third kappa shape index (κ3) is 0.411. The topological polar surface area (TPSA) is 39.4 Å². The van der Waals surface area contributed by atoms with Gasteiger partial charge in [0, 0.05) is 12.0 Å². The van der Waals surface area contributed by atoms with Gasteiger partial charge in [-0.2, -0.15) is 0 Å². The largest absolute Gasteiger partial charge is 0.460 e. The molecule has 62 valence electrons. The van der Waals surface area contributed by atoms with E-state index in [0.717, 1.165) is 17.1 Å². The van der Waals surface area contributed by atoms with Gasteiger partial charge in [0.1, 0.15) is 11.2 Å². The van der Waals surface area contributed by atoms with Crippen LogP contribution in [-0.4, -0.2) is 5.97 Å². The van der Waals surface area contributed by atoms with Gasteiger partial charge in [-0.15, -0.1) is 0 Å². The number of fused-ring (bicyclic) bond motifs is 1. The Bertz CT molecular complexity index is 402. The number of furan rings is 1. The fraction of sp³-hybridized carbons (Fsp3) is 0.444. The van der Waals surface area contributed by atoms with E-state index in [9.17, 15) is 4.79 Å². The Morgan fingerprint density at radius 2 is 2.25 bits per heavy atom. The van der Waals surface area contributed by atoms with Crippen molar-refractivity contribution in [1.82, 2.24) is 0 Å². The predicted molar refractivity (Wildman–Crippen MR) is 40.1 cm³/mol. The van der Waals surface area contributed by atoms with E-state index in [-0.39, 0.29) is 5.97 Å². The zero-order valence-corrected chi connectivity index (χ0v) is 6.93. The van der Waals surface area contributed by atoms with Crippen molar-refractivity contribution in [2.75, 3.05) is 0 Å². The van der Waals surface area contributed by atoms with Crippen LogP contribution < -0.4 is 4.74 Å². The minimum atomic E-state index is -0.496. The van der Waals surface area contributed by atoms with Gasteiger partial charge in [-0.05, 0) is 13.8 Å². The number of ether oxygens (including phenoxy) is 1. The number of carbonyl (C=O) groups excluding carboxylic acids is 1. The van der Waals surface area contributed by atoms with Gasteiger partial charge in [0.05, 0.1) is 0 Å². The first-order chi connectivity index (χ1) is 5.63. The zero-order chi connectivity index (χ0) is 8.51. The maximum Gasteiger partial charge on any atom is 0.325 e. The van der Waals surface area contributed by atoms with Crippen molar-refractivity contribution in [3.8, 4) is 5.75 Å². The Kier molecular flexibility index (Phi) is 0.756. The molecule has 3 nitrogen and oxygen atoms in total. The number of hydrogen-bond acceptors (Lipinski definition) is 3. The molecule has 0 spiro atoms. The van der Waals surface area contributed by atoms with E-state index in [1.807, 2.05) is 13.8 Å². The van der Waals surface area contributed by atoms with Crippen molar-refractivity contribution < 1.29 is 13.9 Å². The Labute approximate surface area is 69.3 Å². The Balaban J connectivity index is 2.39. The van der Waals surface area contributed by atoms with Crippen molar-refractivity contribution in [1.29, 1.82) is 0 Å². The highest BCUT2D eigenvalue weighted by atomic mass is 16.6. The van der Waals surface area contributed by atoms with E-state index in [0.29, 0.717) is 12.2 Å². The number of esters is 1. The van der Waals surface area contributed by atoms with Crippen LogP contribution in [0.3, 0.4) is 0 Å². The summed E-state index contributed by atoms with van der Waals surface area (Å²) >= 11 is 0. The Hall–Kier alpha value is -1.25. The summed E-state index contributed by atoms with van der Waals surface area (Å²) in [5.74, 6) is 2.15. The molecule has 0 aliphatic carbocycles. The third-order valence-electron chi connectivity index (χ3n) is 2.85. The van der Waals surface area contributed by atoms with E-state index < -0.39 is 5.41 Å². The molecule has 0 aromatic carbocycles. The second-order valence-electron chi connectivity index (χ2n) is 3.71. The average Bonchev–Trinajstić information content (AvgIpc) is 2.53. The highest BCUT2D eigenvalue weighted by Gasteiger charge is 2.55. The van der Waals surface area contributed by atoms with Crippen molar-refractivity contribution in [2.45, 2.75) is 25.7 Å². The van der Waals surface area contributed by atoms with Gasteiger partial charge in [-0.3, -0.25) is 4.79 Å². The van der Waals surface area contributed by atoms with Crippen LogP contribution in [-0.2, 0) is 16.6 Å². The molecule has 0 unspecified atom stereocenters. The summed E-state index contributed by atoms with van der Waals surface area (Å²) in [5.41, 5.74) is 0.498. The molecule has 12 heavy (non-hydrogen) atoms. The number of hydrogen-bond donors (Lipinski definition) is 0. The first kappa shape index (κ1) is 6.29. The number of rotatable bonds is 0. The second kappa shape index (κ2) is 1.44. The summed E-state index contributed by atoms with van der Waals surface area (Å²) < 4.78 is 10.6. The standard InChI is InChI=1S/C9H8O3/c1-4-5-3-9(2)7(11-5)6(4)12-8(9)10/h3H2,1-2H3/t9-/m1/s1. The molecular weight excluding hydrogens is 156 g/mol. The fourth-order valence-electron chi connectivity index (χ4n) is 1.97. The van der Waals surface area contributed by atoms with Gasteiger partial charge < -0.3 is 9.15 Å². The normalized spacial score (nSPS) is 29.7. The molecule has 2 bridgehead atoms. The second-order valence-corrected chi connectivity index (χ2v) is 3.71. The monoisotopic (exact) mass is 164 g/mol. The summed E-state index contributed by atoms with van der Waals surface area (Å²) in [6.07, 6.45) is 0.677. The maximum absolute atomic E-state index is 11.4. The fourth-order valence-corrected chi connectivity index (χ4v) is 1.97. The zero-order valence-electron chi connectivity index (χ0n) is 6.93. The van der Waals surface area contributed by atoms with E-state index in [2.05, 4.69) is 0 Å². The van der Waals surface area contributed by atoms with Gasteiger partial charge in [0.25, 0.3) is 0 Å². The van der Waals surface area contributed by atoms with Crippen LogP contribution in [0.25, 0.3) is 0 Å². The maximum atomic E-state index is 11.4. The molecule has 3 rings (SSSR count). The van der Waals surface area contributed by atoms with Gasteiger partial charge in [0.15, 0.2) is 11.5 Å². The minimum Gasteiger partial charge on any atom is -0.460 e. The van der Waals surface area contributed by atoms with Crippen molar-refractivity contribution in [3.05, 3.63) is 17.1 Å². The summed E-state index contributed by atoms with van der Waals surface area (Å²) in [6, 6.07) is 0. The predicted octanol–water partition coefficient (Wildman–Crippen LogP) is 1.32. The lowest BCUT2D eigenvalue weighted by molar-refractivity contribution is -0.137. The molecule has 1 aromatic heterocycles. The molecule has 0 saturated heterocycles. The summed E-state index contributed by atoms with van der Waals surface area (Å²) in [7, 11) is 0. The highest BCUT2D eigenvalue weighted by molar-refractivity contribution is 5.91. The van der Waals surface area contributed by atoms with E-state index >= 15 is 0 Å². The molecule has 2 aliphatic rings. The average molecular weight is 164 g/mol. The molecule has 0 amide bonds. The molecular formula is C9H8O3. The van der Waals surface area contributed by atoms with Gasteiger partial charge in [-0.25, -0.2) is 0 Å². The van der Waals surface area contributed by atoms with Crippen molar-refractivity contribution in [2.24, 2.45) is 0 Å². The molecule has 3 heterocycles. The number of carbonyl (C=O) groups is 1. The van der Waals surface area contributed by atoms with Gasteiger partial charge in [-0.1, -0.05) is 0 Å². The third-order valence-corrected chi connectivity index (χ3v) is 2.85.